The number of hydrogen-bond acceptors (Lipinski definition) is 5. The van der Waals surface area contributed by atoms with Crippen molar-refractivity contribution in [1.82, 2.24) is 0 Å². The molecule has 0 unspecified atom stereocenters. The molecule has 0 aliphatic carbocycles. The highest BCUT2D eigenvalue weighted by Gasteiger charge is 2.26. The lowest BCUT2D eigenvalue weighted by Gasteiger charge is -2.12. The molecule has 3 aromatic rings. The molecule has 28 heavy (non-hydrogen) atoms. The number of benzene rings is 2. The van der Waals surface area contributed by atoms with E-state index in [0.717, 1.165) is 17.4 Å². The van der Waals surface area contributed by atoms with E-state index in [0.29, 0.717) is 23.3 Å². The number of furan rings is 1. The van der Waals surface area contributed by atoms with Crippen molar-refractivity contribution < 1.29 is 23.5 Å². The molecule has 146 valence electrons. The van der Waals surface area contributed by atoms with Crippen LogP contribution in [0.5, 0.6) is 0 Å². The summed E-state index contributed by atoms with van der Waals surface area (Å²) in [5.74, 6) is -0.842. The lowest BCUT2D eigenvalue weighted by atomic mass is 10.0. The Morgan fingerprint density at radius 1 is 1.04 bits per heavy atom. The summed E-state index contributed by atoms with van der Waals surface area (Å²) in [6.45, 7) is 6.24. The van der Waals surface area contributed by atoms with Crippen LogP contribution in [-0.4, -0.2) is 24.5 Å². The second kappa shape index (κ2) is 8.85. The van der Waals surface area contributed by atoms with E-state index in [9.17, 15) is 9.59 Å². The number of carbonyl (C=O) groups excluding carboxylic acids is 2. The van der Waals surface area contributed by atoms with Crippen LogP contribution in [0.3, 0.4) is 0 Å². The summed E-state index contributed by atoms with van der Waals surface area (Å²) in [4.78, 5) is 25.3. The molecule has 3 rings (SSSR count). The van der Waals surface area contributed by atoms with E-state index in [-0.39, 0.29) is 18.2 Å². The minimum absolute atomic E-state index is 0.0793. The molecular formula is C23H24O5. The van der Waals surface area contributed by atoms with Crippen LogP contribution >= 0.6 is 0 Å². The maximum atomic E-state index is 12.7. The van der Waals surface area contributed by atoms with Crippen molar-refractivity contribution >= 4 is 22.7 Å². The SMILES string of the molecule is CCOCc1c(C(=O)O[C@H](C)C(=O)c2ccc(CC)cc2)oc2ccccc12. The molecule has 0 fully saturated rings. The van der Waals surface area contributed by atoms with Gasteiger partial charge in [-0.15, -0.1) is 0 Å². The molecule has 1 aromatic heterocycles. The lowest BCUT2D eigenvalue weighted by Crippen LogP contribution is -2.24. The Labute approximate surface area is 164 Å². The van der Waals surface area contributed by atoms with Gasteiger partial charge in [0.2, 0.25) is 11.5 Å². The molecule has 0 saturated heterocycles. The van der Waals surface area contributed by atoms with E-state index in [1.807, 2.05) is 37.3 Å². The smallest absolute Gasteiger partial charge is 0.375 e. The molecule has 1 heterocycles. The first kappa shape index (κ1) is 19.8. The van der Waals surface area contributed by atoms with Gasteiger partial charge in [-0.2, -0.15) is 0 Å². The Morgan fingerprint density at radius 3 is 2.43 bits per heavy atom. The number of ether oxygens (including phenoxy) is 2. The van der Waals surface area contributed by atoms with E-state index >= 15 is 0 Å². The Bertz CT molecular complexity index is 968. The van der Waals surface area contributed by atoms with Crippen LogP contribution in [0.4, 0.5) is 0 Å². The fraction of sp³-hybridized carbons (Fsp3) is 0.304. The Balaban J connectivity index is 1.80. The van der Waals surface area contributed by atoms with Crippen LogP contribution in [0.25, 0.3) is 11.0 Å². The maximum absolute atomic E-state index is 12.7. The number of ketones is 1. The van der Waals surface area contributed by atoms with E-state index in [2.05, 4.69) is 6.92 Å². The predicted octanol–water partition coefficient (Wildman–Crippen LogP) is 4.96. The Hall–Kier alpha value is -2.92. The van der Waals surface area contributed by atoms with Gasteiger partial charge in [0.1, 0.15) is 5.58 Å². The standard InChI is InChI=1S/C23H24O5/c1-4-16-10-12-17(13-11-16)21(24)15(3)27-23(25)22-19(14-26-5-2)18-8-6-7-9-20(18)28-22/h6-13,15H,4-5,14H2,1-3H3/t15-/m1/s1. The monoisotopic (exact) mass is 380 g/mol. The quantitative estimate of drug-likeness (QED) is 0.408. The average molecular weight is 380 g/mol. The summed E-state index contributed by atoms with van der Waals surface area (Å²) in [6, 6.07) is 14.7. The van der Waals surface area contributed by atoms with Gasteiger partial charge in [0.25, 0.3) is 0 Å². The average Bonchev–Trinajstić information content (AvgIpc) is 3.10. The van der Waals surface area contributed by atoms with Crippen LogP contribution in [0, 0.1) is 0 Å². The second-order valence-electron chi connectivity index (χ2n) is 6.51. The van der Waals surface area contributed by atoms with Crippen LogP contribution in [0.1, 0.15) is 52.8 Å². The number of para-hydroxylation sites is 1. The zero-order valence-electron chi connectivity index (χ0n) is 16.4. The van der Waals surface area contributed by atoms with Crippen molar-refractivity contribution in [1.29, 1.82) is 0 Å². The number of carbonyl (C=O) groups is 2. The molecule has 0 N–H and O–H groups in total. The first-order chi connectivity index (χ1) is 13.5. The maximum Gasteiger partial charge on any atom is 0.375 e. The normalized spacial score (nSPS) is 12.1. The summed E-state index contributed by atoms with van der Waals surface area (Å²) in [6.07, 6.45) is -0.0265. The van der Waals surface area contributed by atoms with Gasteiger partial charge in [0, 0.05) is 23.1 Å². The molecule has 5 nitrogen and oxygen atoms in total. The number of hydrogen-bond donors (Lipinski definition) is 0. The topological polar surface area (TPSA) is 65.7 Å². The van der Waals surface area contributed by atoms with Gasteiger partial charge in [-0.1, -0.05) is 49.4 Å². The fourth-order valence-corrected chi connectivity index (χ4v) is 3.02. The summed E-state index contributed by atoms with van der Waals surface area (Å²) in [5.41, 5.74) is 2.87. The minimum Gasteiger partial charge on any atom is -0.449 e. The third-order valence-corrected chi connectivity index (χ3v) is 4.63. The third-order valence-electron chi connectivity index (χ3n) is 4.63. The number of rotatable bonds is 8. The number of Topliss-reactive ketones (excluding diaryl/α,β-unsaturated/α-hetero) is 1. The van der Waals surface area contributed by atoms with Crippen molar-refractivity contribution in [3.05, 3.63) is 71.0 Å². The Morgan fingerprint density at radius 2 is 1.75 bits per heavy atom. The summed E-state index contributed by atoms with van der Waals surface area (Å²) in [7, 11) is 0. The molecule has 0 aliphatic rings. The van der Waals surface area contributed by atoms with Crippen molar-refractivity contribution in [2.75, 3.05) is 6.61 Å². The fourth-order valence-electron chi connectivity index (χ4n) is 3.02. The van der Waals surface area contributed by atoms with Crippen molar-refractivity contribution in [2.24, 2.45) is 0 Å². The molecule has 0 amide bonds. The van der Waals surface area contributed by atoms with Crippen LogP contribution in [0.15, 0.2) is 52.9 Å². The van der Waals surface area contributed by atoms with Gasteiger partial charge < -0.3 is 13.9 Å². The third kappa shape index (κ3) is 4.15. The number of fused-ring (bicyclic) bond motifs is 1. The van der Waals surface area contributed by atoms with Crippen LogP contribution < -0.4 is 0 Å². The largest absolute Gasteiger partial charge is 0.449 e. The van der Waals surface area contributed by atoms with Gasteiger partial charge in [0.15, 0.2) is 6.10 Å². The van der Waals surface area contributed by atoms with E-state index < -0.39 is 12.1 Å². The van der Waals surface area contributed by atoms with Crippen molar-refractivity contribution in [2.45, 2.75) is 39.9 Å². The highest BCUT2D eigenvalue weighted by molar-refractivity contribution is 6.02. The molecule has 0 saturated carbocycles. The summed E-state index contributed by atoms with van der Waals surface area (Å²) < 4.78 is 16.6. The molecule has 2 aromatic carbocycles. The molecular weight excluding hydrogens is 356 g/mol. The molecule has 0 bridgehead atoms. The summed E-state index contributed by atoms with van der Waals surface area (Å²) >= 11 is 0. The zero-order chi connectivity index (χ0) is 20.1. The highest BCUT2D eigenvalue weighted by atomic mass is 16.6. The van der Waals surface area contributed by atoms with Gasteiger partial charge >= 0.3 is 5.97 Å². The van der Waals surface area contributed by atoms with Gasteiger partial charge in [-0.3, -0.25) is 4.79 Å². The lowest BCUT2D eigenvalue weighted by molar-refractivity contribution is 0.0285. The van der Waals surface area contributed by atoms with Gasteiger partial charge in [0.05, 0.1) is 6.61 Å². The van der Waals surface area contributed by atoms with E-state index in [1.165, 1.54) is 0 Å². The van der Waals surface area contributed by atoms with Gasteiger partial charge in [-0.25, -0.2) is 4.79 Å². The Kier molecular flexibility index (Phi) is 6.26. The first-order valence-corrected chi connectivity index (χ1v) is 9.47. The minimum atomic E-state index is -0.923. The van der Waals surface area contributed by atoms with Gasteiger partial charge in [-0.05, 0) is 31.9 Å². The van der Waals surface area contributed by atoms with Crippen molar-refractivity contribution in [3.63, 3.8) is 0 Å². The predicted molar refractivity (Wildman–Crippen MR) is 107 cm³/mol. The zero-order valence-corrected chi connectivity index (χ0v) is 16.4. The second-order valence-corrected chi connectivity index (χ2v) is 6.51. The molecule has 0 aliphatic heterocycles. The number of aryl methyl sites for hydroxylation is 1. The van der Waals surface area contributed by atoms with Crippen LogP contribution in [-0.2, 0) is 22.5 Å². The molecule has 1 atom stereocenters. The van der Waals surface area contributed by atoms with Crippen molar-refractivity contribution in [3.8, 4) is 0 Å². The molecule has 5 heteroatoms. The van der Waals surface area contributed by atoms with E-state index in [1.54, 1.807) is 25.1 Å². The first-order valence-electron chi connectivity index (χ1n) is 9.47. The molecule has 0 radical (unpaired) electrons. The number of esters is 1. The van der Waals surface area contributed by atoms with E-state index in [4.69, 9.17) is 13.9 Å². The molecule has 0 spiro atoms. The summed E-state index contributed by atoms with van der Waals surface area (Å²) in [5, 5.41) is 0.803. The highest BCUT2D eigenvalue weighted by Crippen LogP contribution is 2.27. The van der Waals surface area contributed by atoms with Crippen LogP contribution in [0.2, 0.25) is 0 Å².